The van der Waals surface area contributed by atoms with Crippen molar-refractivity contribution < 1.29 is 11.3 Å². The average Bonchev–Trinajstić information content (AvgIpc) is 3.11. The zero-order valence-electron chi connectivity index (χ0n) is 26.8. The molecule has 8 nitrogen and oxygen atoms in total. The fourth-order valence-electron chi connectivity index (χ4n) is 7.15. The second-order valence-corrected chi connectivity index (χ2v) is 14.9. The first kappa shape index (κ1) is 33.8. The van der Waals surface area contributed by atoms with Gasteiger partial charge in [-0.15, -0.1) is 0 Å². The van der Waals surface area contributed by atoms with Crippen LogP contribution in [0.2, 0.25) is 0 Å². The van der Waals surface area contributed by atoms with Crippen LogP contribution in [0.3, 0.4) is 0 Å². The molecule has 0 unspecified atom stereocenters. The van der Waals surface area contributed by atoms with Crippen molar-refractivity contribution in [2.45, 2.75) is 63.4 Å². The molecule has 3 N–H and O–H groups in total. The van der Waals surface area contributed by atoms with E-state index in [0.717, 1.165) is 92.2 Å². The predicted molar refractivity (Wildman–Crippen MR) is 202 cm³/mol. The number of rotatable bonds is 11. The summed E-state index contributed by atoms with van der Waals surface area (Å²) in [5, 5.41) is 10.1. The molecule has 5 aromatic rings. The van der Waals surface area contributed by atoms with Crippen molar-refractivity contribution >= 4 is 43.5 Å². The predicted octanol–water partition coefficient (Wildman–Crippen LogP) is 8.18. The Kier molecular flexibility index (Phi) is 10.9. The summed E-state index contributed by atoms with van der Waals surface area (Å²) in [7, 11) is -3.58. The van der Waals surface area contributed by atoms with Gasteiger partial charge in [-0.2, -0.15) is 4.98 Å². The highest BCUT2D eigenvalue weighted by atomic mass is 32.2. The number of aromatic nitrogens is 2. The fourth-order valence-corrected chi connectivity index (χ4v) is 8.49. The first-order valence-corrected chi connectivity index (χ1v) is 18.5. The summed E-state index contributed by atoms with van der Waals surface area (Å²) in [6.07, 6.45) is 6.25. The van der Waals surface area contributed by atoms with Crippen LogP contribution in [0.4, 0.5) is 11.8 Å². The standard InChI is InChI=1S/C38H44N6O2S.CH4.2H2/c45-47(46,36-16-8-12-31-11-4-5-13-33(31)36)40-26-29-19-17-28(18-20-29)25-39-38-42-35-15-7-6-14-34(35)37(43-38)41-32-21-23-44(24-22-32)27-30-9-2-1-3-10-30;;;/h1-16,28-29,32,40H,17-27H2,(H2,39,41,42,43);1H4;2*1H. The molecule has 0 amide bonds. The van der Waals surface area contributed by atoms with Gasteiger partial charge in [-0.3, -0.25) is 4.90 Å². The zero-order valence-corrected chi connectivity index (χ0v) is 27.6. The average molecular weight is 669 g/mol. The van der Waals surface area contributed by atoms with Gasteiger partial charge in [-0.05, 0) is 79.5 Å². The van der Waals surface area contributed by atoms with Crippen LogP contribution in [-0.4, -0.2) is 55.5 Å². The van der Waals surface area contributed by atoms with Crippen LogP contribution < -0.4 is 15.4 Å². The highest BCUT2D eigenvalue weighted by molar-refractivity contribution is 7.89. The number of hydrogen-bond acceptors (Lipinski definition) is 7. The van der Waals surface area contributed by atoms with Gasteiger partial charge in [0.1, 0.15) is 5.82 Å². The summed E-state index contributed by atoms with van der Waals surface area (Å²) >= 11 is 0. The normalized spacial score (nSPS) is 19.2. The first-order chi connectivity index (χ1) is 23.0. The van der Waals surface area contributed by atoms with Crippen molar-refractivity contribution in [1.82, 2.24) is 19.6 Å². The van der Waals surface area contributed by atoms with Crippen molar-refractivity contribution in [2.24, 2.45) is 11.8 Å². The number of piperidine rings is 1. The van der Waals surface area contributed by atoms with Crippen molar-refractivity contribution in [1.29, 1.82) is 0 Å². The van der Waals surface area contributed by atoms with Crippen LogP contribution in [-0.2, 0) is 16.6 Å². The van der Waals surface area contributed by atoms with Crippen molar-refractivity contribution in [3.05, 3.63) is 103 Å². The zero-order chi connectivity index (χ0) is 32.1. The Bertz CT molecular complexity index is 1910. The Balaban J connectivity index is 0.00000187. The maximum atomic E-state index is 13.2. The van der Waals surface area contributed by atoms with Gasteiger partial charge in [-0.1, -0.05) is 86.3 Å². The van der Waals surface area contributed by atoms with E-state index in [1.807, 2.05) is 48.5 Å². The molecular weight excluding hydrogens is 617 g/mol. The number of benzene rings is 4. The lowest BCUT2D eigenvalue weighted by molar-refractivity contribution is 0.211. The summed E-state index contributed by atoms with van der Waals surface area (Å²) in [4.78, 5) is 12.7. The highest BCUT2D eigenvalue weighted by Crippen LogP contribution is 2.30. The van der Waals surface area contributed by atoms with Gasteiger partial charge in [0.15, 0.2) is 0 Å². The molecule has 4 aromatic carbocycles. The Morgan fingerprint density at radius 1 is 0.708 bits per heavy atom. The molecule has 2 heterocycles. The molecule has 1 aromatic heterocycles. The van der Waals surface area contributed by atoms with Crippen molar-refractivity contribution in [3.8, 4) is 0 Å². The lowest BCUT2D eigenvalue weighted by Gasteiger charge is -2.33. The molecule has 2 fully saturated rings. The molecule has 0 atom stereocenters. The van der Waals surface area contributed by atoms with Crippen LogP contribution in [0.1, 0.15) is 54.4 Å². The van der Waals surface area contributed by atoms with E-state index < -0.39 is 10.0 Å². The molecule has 0 radical (unpaired) electrons. The smallest absolute Gasteiger partial charge is 0.241 e. The summed E-state index contributed by atoms with van der Waals surface area (Å²) in [6, 6.07) is 32.4. The maximum Gasteiger partial charge on any atom is 0.241 e. The Morgan fingerprint density at radius 2 is 1.35 bits per heavy atom. The van der Waals surface area contributed by atoms with E-state index in [0.29, 0.717) is 35.3 Å². The maximum absolute atomic E-state index is 13.2. The van der Waals surface area contributed by atoms with Crippen LogP contribution >= 0.6 is 0 Å². The third-order valence-electron chi connectivity index (χ3n) is 9.90. The molecular formula is C39H52N6O2S. The number of hydrogen-bond donors (Lipinski definition) is 3. The third-order valence-corrected chi connectivity index (χ3v) is 11.4. The van der Waals surface area contributed by atoms with Crippen LogP contribution in [0.5, 0.6) is 0 Å². The van der Waals surface area contributed by atoms with Crippen LogP contribution in [0, 0.1) is 11.8 Å². The van der Waals surface area contributed by atoms with E-state index >= 15 is 0 Å². The SMILES string of the molecule is C.O=S(=O)(NCC1CCC(CNc2nc(NC3CCN(Cc4ccccc4)CC3)c3ccccc3n2)CC1)c1cccc2ccccc12.[HH].[HH]. The topological polar surface area (TPSA) is 99.2 Å². The molecule has 1 aliphatic heterocycles. The van der Waals surface area contributed by atoms with Gasteiger partial charge in [-0.25, -0.2) is 18.1 Å². The van der Waals surface area contributed by atoms with Crippen molar-refractivity contribution in [3.63, 3.8) is 0 Å². The van der Waals surface area contributed by atoms with E-state index in [1.165, 1.54) is 5.56 Å². The Labute approximate surface area is 288 Å². The Hall–Kier alpha value is -4.05. The molecule has 1 aliphatic carbocycles. The molecule has 0 bridgehead atoms. The molecule has 256 valence electrons. The van der Waals surface area contributed by atoms with Crippen molar-refractivity contribution in [2.75, 3.05) is 36.8 Å². The second kappa shape index (κ2) is 15.4. The molecule has 1 saturated heterocycles. The minimum absolute atomic E-state index is 0. The van der Waals surface area contributed by atoms with E-state index in [-0.39, 0.29) is 10.3 Å². The monoisotopic (exact) mass is 668 g/mol. The van der Waals surface area contributed by atoms with Crippen LogP contribution in [0.15, 0.2) is 102 Å². The van der Waals surface area contributed by atoms with E-state index in [9.17, 15) is 8.42 Å². The molecule has 48 heavy (non-hydrogen) atoms. The number of nitrogens with zero attached hydrogens (tertiary/aromatic N) is 3. The van der Waals surface area contributed by atoms with Gasteiger partial charge >= 0.3 is 0 Å². The quantitative estimate of drug-likeness (QED) is 0.131. The highest BCUT2D eigenvalue weighted by Gasteiger charge is 2.25. The van der Waals surface area contributed by atoms with Gasteiger partial charge in [0, 0.05) is 52.4 Å². The second-order valence-electron chi connectivity index (χ2n) is 13.2. The number of fused-ring (bicyclic) bond motifs is 2. The van der Waals surface area contributed by atoms with Gasteiger partial charge in [0.2, 0.25) is 16.0 Å². The van der Waals surface area contributed by atoms with E-state index in [4.69, 9.17) is 9.97 Å². The van der Waals surface area contributed by atoms with Gasteiger partial charge < -0.3 is 10.6 Å². The molecule has 2 aliphatic rings. The third kappa shape index (κ3) is 8.14. The lowest BCUT2D eigenvalue weighted by Crippen LogP contribution is -2.38. The first-order valence-electron chi connectivity index (χ1n) is 17.0. The minimum Gasteiger partial charge on any atom is -0.367 e. The minimum atomic E-state index is -3.58. The number of anilines is 2. The summed E-state index contributed by atoms with van der Waals surface area (Å²) in [6.45, 7) is 4.41. The molecule has 0 spiro atoms. The molecule has 1 saturated carbocycles. The van der Waals surface area contributed by atoms with Crippen LogP contribution in [0.25, 0.3) is 21.7 Å². The van der Waals surface area contributed by atoms with E-state index in [2.05, 4.69) is 62.7 Å². The van der Waals surface area contributed by atoms with Gasteiger partial charge in [0.25, 0.3) is 0 Å². The molecule has 9 heteroatoms. The summed E-state index contributed by atoms with van der Waals surface area (Å²) in [5.74, 6) is 2.41. The summed E-state index contributed by atoms with van der Waals surface area (Å²) in [5.41, 5.74) is 2.31. The Morgan fingerprint density at radius 3 is 2.12 bits per heavy atom. The number of likely N-dealkylation sites (tertiary alicyclic amines) is 1. The van der Waals surface area contributed by atoms with Gasteiger partial charge in [0.05, 0.1) is 10.4 Å². The summed E-state index contributed by atoms with van der Waals surface area (Å²) < 4.78 is 29.3. The number of para-hydroxylation sites is 1. The number of sulfonamides is 1. The van der Waals surface area contributed by atoms with E-state index in [1.54, 1.807) is 6.07 Å². The molecule has 7 rings (SSSR count). The lowest BCUT2D eigenvalue weighted by atomic mass is 9.82. The largest absolute Gasteiger partial charge is 0.367 e. The fraction of sp³-hybridized carbons (Fsp3) is 0.385. The number of nitrogens with one attached hydrogen (secondary N) is 3.